The van der Waals surface area contributed by atoms with Crippen molar-refractivity contribution in [2.75, 3.05) is 13.2 Å². The van der Waals surface area contributed by atoms with Gasteiger partial charge in [0, 0.05) is 17.4 Å². The van der Waals surface area contributed by atoms with Crippen LogP contribution in [0.2, 0.25) is 0 Å². The number of halogens is 3. The Morgan fingerprint density at radius 3 is 2.52 bits per heavy atom. The first-order valence-corrected chi connectivity index (χ1v) is 7.04. The van der Waals surface area contributed by atoms with Crippen LogP contribution in [-0.2, 0) is 0 Å². The van der Waals surface area contributed by atoms with Crippen molar-refractivity contribution in [1.82, 2.24) is 4.98 Å². The second-order valence-electron chi connectivity index (χ2n) is 4.31. The highest BCUT2D eigenvalue weighted by Crippen LogP contribution is 2.36. The largest absolute Gasteiger partial charge is 0.490 e. The Balaban J connectivity index is 1.88. The van der Waals surface area contributed by atoms with E-state index < -0.39 is 17.6 Å². The minimum Gasteiger partial charge on any atom is -0.490 e. The molecule has 1 aromatic heterocycles. The summed E-state index contributed by atoms with van der Waals surface area (Å²) in [7, 11) is 0. The number of hydrogen-bond donors (Lipinski definition) is 0. The van der Waals surface area contributed by atoms with Gasteiger partial charge in [0.2, 0.25) is 5.95 Å². The normalized spacial score (nSPS) is 13.9. The van der Waals surface area contributed by atoms with Crippen molar-refractivity contribution in [2.24, 2.45) is 0 Å². The van der Waals surface area contributed by atoms with Crippen molar-refractivity contribution in [2.45, 2.75) is 16.3 Å². The van der Waals surface area contributed by atoms with Crippen molar-refractivity contribution in [3.8, 4) is 11.5 Å². The van der Waals surface area contributed by atoms with Crippen LogP contribution >= 0.6 is 11.8 Å². The van der Waals surface area contributed by atoms with Crippen molar-refractivity contribution in [3.63, 3.8) is 0 Å². The molecule has 3 nitrogen and oxygen atoms in total. The predicted molar refractivity (Wildman–Crippen MR) is 70.3 cm³/mol. The van der Waals surface area contributed by atoms with Crippen molar-refractivity contribution >= 4 is 11.8 Å². The summed E-state index contributed by atoms with van der Waals surface area (Å²) >= 11 is 0.888. The quantitative estimate of drug-likeness (QED) is 0.789. The van der Waals surface area contributed by atoms with Crippen molar-refractivity contribution in [1.29, 1.82) is 0 Å². The van der Waals surface area contributed by atoms with Gasteiger partial charge < -0.3 is 9.47 Å². The van der Waals surface area contributed by atoms with Crippen LogP contribution in [0, 0.1) is 17.6 Å². The molecule has 0 aliphatic carbocycles. The number of rotatable bonds is 2. The fourth-order valence-corrected chi connectivity index (χ4v) is 2.63. The zero-order chi connectivity index (χ0) is 14.8. The van der Waals surface area contributed by atoms with Crippen LogP contribution in [-0.4, -0.2) is 18.2 Å². The summed E-state index contributed by atoms with van der Waals surface area (Å²) in [5.74, 6) is -2.40. The molecule has 110 valence electrons. The summed E-state index contributed by atoms with van der Waals surface area (Å²) < 4.78 is 50.5. The molecule has 2 aromatic rings. The maximum Gasteiger partial charge on any atom is 0.250 e. The van der Waals surface area contributed by atoms with E-state index in [0.717, 1.165) is 18.2 Å². The van der Waals surface area contributed by atoms with Gasteiger partial charge in [0.05, 0.1) is 13.2 Å². The third kappa shape index (κ3) is 3.07. The van der Waals surface area contributed by atoms with Crippen LogP contribution in [0.3, 0.4) is 0 Å². The molecule has 0 atom stereocenters. The average Bonchev–Trinajstić information content (AvgIpc) is 2.69. The highest BCUT2D eigenvalue weighted by Gasteiger charge is 2.15. The summed E-state index contributed by atoms with van der Waals surface area (Å²) in [5, 5.41) is -0.233. The first kappa shape index (κ1) is 14.1. The molecule has 21 heavy (non-hydrogen) atoms. The maximum atomic E-state index is 13.6. The Hall–Kier alpha value is -1.89. The van der Waals surface area contributed by atoms with Gasteiger partial charge in [0.25, 0.3) is 0 Å². The Labute approximate surface area is 123 Å². The monoisotopic (exact) mass is 313 g/mol. The molecule has 1 aliphatic heterocycles. The minimum atomic E-state index is -1.33. The Kier molecular flexibility index (Phi) is 3.92. The molecule has 7 heteroatoms. The van der Waals surface area contributed by atoms with Gasteiger partial charge in [-0.1, -0.05) is 11.8 Å². The first-order chi connectivity index (χ1) is 10.1. The molecule has 3 rings (SSSR count). The molecule has 0 bridgehead atoms. The SMILES string of the molecule is Fc1cc(F)c(Sc2ccc3c(c2)OCCCO3)nc1F. The van der Waals surface area contributed by atoms with Gasteiger partial charge in [-0.2, -0.15) is 4.39 Å². The number of fused-ring (bicyclic) bond motifs is 1. The van der Waals surface area contributed by atoms with E-state index >= 15 is 0 Å². The summed E-state index contributed by atoms with van der Waals surface area (Å²) in [4.78, 5) is 3.87. The second kappa shape index (κ2) is 5.85. The summed E-state index contributed by atoms with van der Waals surface area (Å²) in [6.07, 6.45) is 0.774. The molecule has 0 N–H and O–H groups in total. The molecule has 0 unspecified atom stereocenters. The van der Waals surface area contributed by atoms with Crippen LogP contribution in [0.1, 0.15) is 6.42 Å². The minimum absolute atomic E-state index is 0.233. The Morgan fingerprint density at radius 1 is 0.952 bits per heavy atom. The van der Waals surface area contributed by atoms with E-state index in [1.54, 1.807) is 18.2 Å². The third-order valence-corrected chi connectivity index (χ3v) is 3.76. The number of hydrogen-bond acceptors (Lipinski definition) is 4. The van der Waals surface area contributed by atoms with E-state index in [1.807, 2.05) is 0 Å². The zero-order valence-corrected chi connectivity index (χ0v) is 11.6. The van der Waals surface area contributed by atoms with Crippen LogP contribution in [0.4, 0.5) is 13.2 Å². The van der Waals surface area contributed by atoms with Gasteiger partial charge in [0.1, 0.15) is 5.03 Å². The van der Waals surface area contributed by atoms with Crippen LogP contribution in [0.25, 0.3) is 0 Å². The van der Waals surface area contributed by atoms with Crippen LogP contribution < -0.4 is 9.47 Å². The molecule has 0 spiro atoms. The topological polar surface area (TPSA) is 31.4 Å². The Morgan fingerprint density at radius 2 is 1.71 bits per heavy atom. The van der Waals surface area contributed by atoms with Gasteiger partial charge >= 0.3 is 0 Å². The fraction of sp³-hybridized carbons (Fsp3) is 0.214. The smallest absolute Gasteiger partial charge is 0.250 e. The number of benzene rings is 1. The fourth-order valence-electron chi connectivity index (χ4n) is 1.82. The van der Waals surface area contributed by atoms with Gasteiger partial charge in [-0.3, -0.25) is 0 Å². The summed E-state index contributed by atoms with van der Waals surface area (Å²) in [5.41, 5.74) is 0. The van der Waals surface area contributed by atoms with E-state index in [1.165, 1.54) is 0 Å². The third-order valence-electron chi connectivity index (χ3n) is 2.79. The van der Waals surface area contributed by atoms with Gasteiger partial charge in [-0.25, -0.2) is 13.8 Å². The highest BCUT2D eigenvalue weighted by molar-refractivity contribution is 7.99. The van der Waals surface area contributed by atoms with Crippen molar-refractivity contribution < 1.29 is 22.6 Å². The van der Waals surface area contributed by atoms with Crippen molar-refractivity contribution in [3.05, 3.63) is 41.8 Å². The van der Waals surface area contributed by atoms with Gasteiger partial charge in [-0.05, 0) is 18.2 Å². The molecule has 0 saturated heterocycles. The molecule has 2 heterocycles. The number of ether oxygens (including phenoxy) is 2. The van der Waals surface area contributed by atoms with E-state index in [0.29, 0.717) is 35.7 Å². The number of pyridine rings is 1. The summed E-state index contributed by atoms with van der Waals surface area (Å²) in [6.45, 7) is 1.09. The predicted octanol–water partition coefficient (Wildman–Crippen LogP) is 3.81. The number of aromatic nitrogens is 1. The number of nitrogens with zero attached hydrogens (tertiary/aromatic N) is 1. The van der Waals surface area contributed by atoms with E-state index in [-0.39, 0.29) is 5.03 Å². The average molecular weight is 313 g/mol. The molecule has 0 fully saturated rings. The lowest BCUT2D eigenvalue weighted by atomic mass is 10.3. The molecular formula is C14H10F3NO2S. The molecule has 0 radical (unpaired) electrons. The van der Waals surface area contributed by atoms with E-state index in [4.69, 9.17) is 9.47 Å². The highest BCUT2D eigenvalue weighted by atomic mass is 32.2. The first-order valence-electron chi connectivity index (χ1n) is 6.22. The lowest BCUT2D eigenvalue weighted by Gasteiger charge is -2.09. The summed E-state index contributed by atoms with van der Waals surface area (Å²) in [6, 6.07) is 5.52. The van der Waals surface area contributed by atoms with Gasteiger partial charge in [0.15, 0.2) is 23.1 Å². The van der Waals surface area contributed by atoms with Crippen LogP contribution in [0.15, 0.2) is 34.2 Å². The van der Waals surface area contributed by atoms with Gasteiger partial charge in [-0.15, -0.1) is 0 Å². The molecule has 1 aromatic carbocycles. The lowest BCUT2D eigenvalue weighted by Crippen LogP contribution is -1.97. The second-order valence-corrected chi connectivity index (χ2v) is 5.37. The Bertz CT molecular complexity index is 682. The molecule has 0 saturated carbocycles. The molecule has 1 aliphatic rings. The van der Waals surface area contributed by atoms with Crippen LogP contribution in [0.5, 0.6) is 11.5 Å². The standard InChI is InChI=1S/C14H10F3NO2S/c15-9-7-10(16)14(18-13(9)17)21-8-2-3-11-12(6-8)20-5-1-4-19-11/h2-3,6-7H,1,4-5H2. The molecular weight excluding hydrogens is 303 g/mol. The van der Waals surface area contributed by atoms with E-state index in [9.17, 15) is 13.2 Å². The molecule has 0 amide bonds. The maximum absolute atomic E-state index is 13.6. The zero-order valence-electron chi connectivity index (χ0n) is 10.7. The van der Waals surface area contributed by atoms with E-state index in [2.05, 4.69) is 4.98 Å². The lowest BCUT2D eigenvalue weighted by molar-refractivity contribution is 0.297.